The summed E-state index contributed by atoms with van der Waals surface area (Å²) in [5.74, 6) is 1.63. The van der Waals surface area contributed by atoms with Crippen LogP contribution in [0.25, 0.3) is 27.7 Å². The molecule has 5 aromatic rings. The summed E-state index contributed by atoms with van der Waals surface area (Å²) in [5.41, 5.74) is 4.77. The minimum atomic E-state index is -2.49. The maximum Gasteiger partial charge on any atom is 0.212 e. The number of pyridine rings is 3. The first-order chi connectivity index (χ1) is 18.4. The van der Waals surface area contributed by atoms with Crippen LogP contribution in [0.2, 0.25) is 0 Å². The Kier molecular flexibility index (Phi) is 5.32. The summed E-state index contributed by atoms with van der Waals surface area (Å²) in [6.45, 7) is 6.39. The largest absolute Gasteiger partial charge is 0.481 e. The van der Waals surface area contributed by atoms with Gasteiger partial charge in [-0.25, -0.2) is 14.5 Å². The summed E-state index contributed by atoms with van der Waals surface area (Å²) in [6, 6.07) is 11.3. The molecule has 0 saturated carbocycles. The van der Waals surface area contributed by atoms with E-state index in [1.807, 2.05) is 35.2 Å². The van der Waals surface area contributed by atoms with E-state index in [2.05, 4.69) is 48.3 Å². The van der Waals surface area contributed by atoms with Crippen molar-refractivity contribution in [1.29, 1.82) is 0 Å². The van der Waals surface area contributed by atoms with E-state index in [4.69, 9.17) is 9.72 Å². The van der Waals surface area contributed by atoms with Crippen LogP contribution in [-0.4, -0.2) is 80.3 Å². The predicted octanol–water partition coefficient (Wildman–Crippen LogP) is 3.39. The molecular weight excluding hydrogens is 499 g/mol. The fourth-order valence-electron chi connectivity index (χ4n) is 5.77. The SMILES string of the molecule is COc1ccc(CN2C3CC2CN(c2ccc(-c4cc(P(C)(C)=O)cn5nc6[nH]ncc6c45)cn2)C3)cn1. The van der Waals surface area contributed by atoms with Crippen LogP contribution in [0.5, 0.6) is 5.88 Å². The van der Waals surface area contributed by atoms with E-state index >= 15 is 0 Å². The standard InChI is InChI=1S/C27H29N8O2P/c1-37-25-7-4-17(10-29-25)13-34-19-8-20(34)15-33(14-19)24-6-5-18(11-28-24)22-9-21(38(2,3)36)16-35-26(22)23-12-30-31-27(23)32-35/h4-7,9-12,16,19-20H,8,13-15H2,1-3H3,(H,31,32). The van der Waals surface area contributed by atoms with Gasteiger partial charge in [0.15, 0.2) is 5.65 Å². The number of piperazine rings is 1. The van der Waals surface area contributed by atoms with Crippen molar-refractivity contribution in [2.75, 3.05) is 38.4 Å². The first kappa shape index (κ1) is 23.4. The minimum Gasteiger partial charge on any atom is -0.481 e. The summed E-state index contributed by atoms with van der Waals surface area (Å²) < 4.78 is 20.0. The van der Waals surface area contributed by atoms with E-state index in [0.29, 0.717) is 23.6 Å². The molecule has 3 fully saturated rings. The van der Waals surface area contributed by atoms with Crippen molar-refractivity contribution < 1.29 is 9.30 Å². The van der Waals surface area contributed by atoms with Crippen molar-refractivity contribution in [2.24, 2.45) is 0 Å². The van der Waals surface area contributed by atoms with Crippen LogP contribution in [0.15, 0.2) is 55.1 Å². The number of aromatic amines is 1. The van der Waals surface area contributed by atoms with Crippen molar-refractivity contribution >= 4 is 34.8 Å². The Morgan fingerprint density at radius 1 is 1.08 bits per heavy atom. The second kappa shape index (κ2) is 8.64. The number of nitrogens with one attached hydrogen (secondary N) is 1. The summed E-state index contributed by atoms with van der Waals surface area (Å²) in [7, 11) is -0.856. The first-order valence-corrected chi connectivity index (χ1v) is 15.3. The maximum absolute atomic E-state index is 13.0. The normalized spacial score (nSPS) is 19.7. The van der Waals surface area contributed by atoms with Crippen LogP contribution in [0.4, 0.5) is 5.82 Å². The van der Waals surface area contributed by atoms with Gasteiger partial charge in [0.05, 0.1) is 24.2 Å². The molecule has 3 saturated heterocycles. The fourth-order valence-corrected chi connectivity index (χ4v) is 6.59. The molecule has 2 atom stereocenters. The Bertz CT molecular complexity index is 1680. The quantitative estimate of drug-likeness (QED) is 0.335. The first-order valence-electron chi connectivity index (χ1n) is 12.7. The molecule has 2 bridgehead atoms. The van der Waals surface area contributed by atoms with E-state index in [1.165, 1.54) is 12.0 Å². The Morgan fingerprint density at radius 2 is 1.92 bits per heavy atom. The highest BCUT2D eigenvalue weighted by Crippen LogP contribution is 2.39. The molecule has 0 radical (unpaired) electrons. The Labute approximate surface area is 220 Å². The number of aromatic nitrogens is 6. The number of fused-ring (bicyclic) bond motifs is 5. The molecule has 5 aromatic heterocycles. The third-order valence-corrected chi connectivity index (χ3v) is 9.32. The number of nitrogens with zero attached hydrogens (tertiary/aromatic N) is 7. The number of ether oxygens (including phenoxy) is 1. The van der Waals surface area contributed by atoms with Gasteiger partial charge in [0.1, 0.15) is 13.0 Å². The lowest BCUT2D eigenvalue weighted by molar-refractivity contribution is -0.00876. The lowest BCUT2D eigenvalue weighted by atomic mass is 9.87. The van der Waals surface area contributed by atoms with Gasteiger partial charge in [-0.2, -0.15) is 5.10 Å². The van der Waals surface area contributed by atoms with Gasteiger partial charge in [-0.3, -0.25) is 10.00 Å². The number of anilines is 1. The number of hydrogen-bond donors (Lipinski definition) is 1. The number of rotatable bonds is 6. The van der Waals surface area contributed by atoms with Gasteiger partial charge in [0, 0.05) is 72.8 Å². The second-order valence-electron chi connectivity index (χ2n) is 10.6. The summed E-state index contributed by atoms with van der Waals surface area (Å²) in [5, 5.41) is 13.4. The molecule has 3 aliphatic heterocycles. The average molecular weight is 529 g/mol. The Hall–Kier alpha value is -3.75. The van der Waals surface area contributed by atoms with E-state index in [0.717, 1.165) is 52.8 Å². The van der Waals surface area contributed by atoms with Crippen LogP contribution in [0, 0.1) is 0 Å². The van der Waals surface area contributed by atoms with Crippen molar-refractivity contribution in [1.82, 2.24) is 34.7 Å². The molecule has 0 aromatic carbocycles. The van der Waals surface area contributed by atoms with Crippen LogP contribution >= 0.6 is 7.14 Å². The zero-order chi connectivity index (χ0) is 26.0. The minimum absolute atomic E-state index is 0.512. The molecule has 0 amide bonds. The number of methoxy groups -OCH3 is 1. The average Bonchev–Trinajstić information content (AvgIpc) is 3.52. The van der Waals surface area contributed by atoms with Gasteiger partial charge in [-0.15, -0.1) is 5.10 Å². The molecule has 194 valence electrons. The van der Waals surface area contributed by atoms with E-state index < -0.39 is 7.14 Å². The highest BCUT2D eigenvalue weighted by atomic mass is 31.2. The molecule has 2 unspecified atom stereocenters. The molecule has 0 aliphatic carbocycles. The smallest absolute Gasteiger partial charge is 0.212 e. The van der Waals surface area contributed by atoms with Crippen molar-refractivity contribution in [3.05, 3.63) is 60.7 Å². The van der Waals surface area contributed by atoms with E-state index in [9.17, 15) is 4.57 Å². The predicted molar refractivity (Wildman–Crippen MR) is 148 cm³/mol. The van der Waals surface area contributed by atoms with Crippen molar-refractivity contribution in [2.45, 2.75) is 25.0 Å². The molecule has 1 N–H and O–H groups in total. The molecule has 10 nitrogen and oxygen atoms in total. The molecule has 38 heavy (non-hydrogen) atoms. The van der Waals surface area contributed by atoms with Crippen LogP contribution in [0.1, 0.15) is 12.0 Å². The van der Waals surface area contributed by atoms with Crippen LogP contribution in [0.3, 0.4) is 0 Å². The monoisotopic (exact) mass is 528 g/mol. The van der Waals surface area contributed by atoms with E-state index in [1.54, 1.807) is 26.6 Å². The second-order valence-corrected chi connectivity index (χ2v) is 13.8. The Morgan fingerprint density at radius 3 is 2.61 bits per heavy atom. The molecule has 8 heterocycles. The molecule has 8 rings (SSSR count). The zero-order valence-corrected chi connectivity index (χ0v) is 22.5. The number of piperidine rings is 1. The van der Waals surface area contributed by atoms with Gasteiger partial charge in [-0.05, 0) is 43.5 Å². The summed E-state index contributed by atoms with van der Waals surface area (Å²) in [4.78, 5) is 14.2. The Balaban J connectivity index is 1.13. The van der Waals surface area contributed by atoms with Gasteiger partial charge in [0.2, 0.25) is 5.88 Å². The van der Waals surface area contributed by atoms with Crippen molar-refractivity contribution in [3.63, 3.8) is 0 Å². The molecule has 3 aliphatic rings. The zero-order valence-electron chi connectivity index (χ0n) is 21.6. The fraction of sp³-hybridized carbons (Fsp3) is 0.333. The number of hydrogen-bond acceptors (Lipinski definition) is 8. The molecule has 11 heteroatoms. The highest BCUT2D eigenvalue weighted by Gasteiger charge is 2.44. The van der Waals surface area contributed by atoms with Gasteiger partial charge in [-0.1, -0.05) is 6.07 Å². The van der Waals surface area contributed by atoms with E-state index in [-0.39, 0.29) is 0 Å². The molecule has 0 spiro atoms. The van der Waals surface area contributed by atoms with Crippen molar-refractivity contribution in [3.8, 4) is 17.0 Å². The summed E-state index contributed by atoms with van der Waals surface area (Å²) >= 11 is 0. The topological polar surface area (TPSA) is 105 Å². The van der Waals surface area contributed by atoms with Gasteiger partial charge in [0.25, 0.3) is 0 Å². The lowest BCUT2D eigenvalue weighted by Gasteiger charge is -2.56. The van der Waals surface area contributed by atoms with Crippen LogP contribution < -0.4 is 14.9 Å². The van der Waals surface area contributed by atoms with Crippen LogP contribution in [-0.2, 0) is 11.1 Å². The summed E-state index contributed by atoms with van der Waals surface area (Å²) in [6.07, 6.45) is 8.70. The maximum atomic E-state index is 13.0. The number of H-pyrrole nitrogens is 1. The highest BCUT2D eigenvalue weighted by molar-refractivity contribution is 7.70. The lowest BCUT2D eigenvalue weighted by Crippen LogP contribution is -2.68. The molecular formula is C27H29N8O2P. The third kappa shape index (κ3) is 3.87. The van der Waals surface area contributed by atoms with Gasteiger partial charge >= 0.3 is 0 Å². The van der Waals surface area contributed by atoms with Gasteiger partial charge < -0.3 is 14.2 Å². The third-order valence-electron chi connectivity index (χ3n) is 7.83.